The minimum atomic E-state index is 0.234. The van der Waals surface area contributed by atoms with E-state index < -0.39 is 0 Å². The molecule has 176 valence electrons. The van der Waals surface area contributed by atoms with E-state index in [9.17, 15) is 4.79 Å². The predicted octanol–water partition coefficient (Wildman–Crippen LogP) is 5.54. The molecule has 1 saturated heterocycles. The Hall–Kier alpha value is -2.92. The molecular weight excluding hydrogens is 444 g/mol. The Morgan fingerprint density at radius 2 is 1.62 bits per heavy atom. The van der Waals surface area contributed by atoms with Crippen molar-refractivity contribution in [1.29, 1.82) is 0 Å². The molecule has 2 aliphatic rings. The van der Waals surface area contributed by atoms with Crippen LogP contribution in [0.25, 0.3) is 11.4 Å². The van der Waals surface area contributed by atoms with E-state index >= 15 is 0 Å². The second-order valence-electron chi connectivity index (χ2n) is 9.40. The highest BCUT2D eigenvalue weighted by Crippen LogP contribution is 2.30. The van der Waals surface area contributed by atoms with Crippen molar-refractivity contribution in [3.63, 3.8) is 0 Å². The predicted molar refractivity (Wildman–Crippen MR) is 137 cm³/mol. The number of benzene rings is 2. The third kappa shape index (κ3) is 4.95. The third-order valence-electron chi connectivity index (χ3n) is 7.11. The minimum absolute atomic E-state index is 0.234. The van der Waals surface area contributed by atoms with Gasteiger partial charge in [-0.05, 0) is 37.5 Å². The zero-order valence-corrected chi connectivity index (χ0v) is 20.5. The van der Waals surface area contributed by atoms with E-state index in [-0.39, 0.29) is 5.92 Å². The fraction of sp³-hybridized carbons (Fsp3) is 0.393. The maximum atomic E-state index is 12.9. The normalized spacial score (nSPS) is 16.8. The molecule has 0 unspecified atom stereocenters. The topological polar surface area (TPSA) is 49.3 Å². The zero-order chi connectivity index (χ0) is 23.5. The maximum Gasteiger partial charge on any atom is 0.225 e. The van der Waals surface area contributed by atoms with Crippen LogP contribution in [0, 0.1) is 12.8 Å². The van der Waals surface area contributed by atoms with Crippen molar-refractivity contribution in [1.82, 2.24) is 14.9 Å². The number of hydrogen-bond donors (Lipinski definition) is 0. The third-order valence-corrected chi connectivity index (χ3v) is 7.37. The highest BCUT2D eigenvalue weighted by atomic mass is 35.5. The molecule has 1 amide bonds. The summed E-state index contributed by atoms with van der Waals surface area (Å²) in [6.07, 6.45) is 5.22. The lowest BCUT2D eigenvalue weighted by Crippen LogP contribution is -2.50. The summed E-state index contributed by atoms with van der Waals surface area (Å²) in [6.45, 7) is 5.15. The number of halogens is 1. The molecule has 1 aliphatic heterocycles. The van der Waals surface area contributed by atoms with Crippen LogP contribution in [0.3, 0.4) is 0 Å². The molecule has 1 saturated carbocycles. The smallest absolute Gasteiger partial charge is 0.225 e. The van der Waals surface area contributed by atoms with E-state index in [2.05, 4.69) is 41.0 Å². The number of amides is 1. The summed E-state index contributed by atoms with van der Waals surface area (Å²) in [4.78, 5) is 27.3. The van der Waals surface area contributed by atoms with Crippen molar-refractivity contribution < 1.29 is 4.79 Å². The molecule has 5 nitrogen and oxygen atoms in total. The van der Waals surface area contributed by atoms with Crippen molar-refractivity contribution in [3.05, 3.63) is 76.4 Å². The number of nitrogens with zero attached hydrogens (tertiary/aromatic N) is 4. The number of rotatable bonds is 5. The van der Waals surface area contributed by atoms with Gasteiger partial charge in [-0.1, -0.05) is 66.9 Å². The van der Waals surface area contributed by atoms with Gasteiger partial charge in [-0.25, -0.2) is 9.97 Å². The standard InChI is InChI=1S/C28H31ClN4O/c1-20-25(19-21-11-13-24(29)14-12-21)27(31-26(30-20)22-7-3-2-4-8-22)32-15-17-33(18-16-32)28(34)23-9-5-6-10-23/h2-4,7-8,11-14,23H,5-6,9-10,15-19H2,1H3. The Bertz CT molecular complexity index is 1140. The number of hydrogen-bond acceptors (Lipinski definition) is 4. The van der Waals surface area contributed by atoms with Gasteiger partial charge in [0.1, 0.15) is 5.82 Å². The molecule has 0 N–H and O–H groups in total. The fourth-order valence-electron chi connectivity index (χ4n) is 5.14. The van der Waals surface area contributed by atoms with Crippen LogP contribution in [0.5, 0.6) is 0 Å². The van der Waals surface area contributed by atoms with E-state index in [1.165, 1.54) is 18.4 Å². The SMILES string of the molecule is Cc1nc(-c2ccccc2)nc(N2CCN(C(=O)C3CCCC3)CC2)c1Cc1ccc(Cl)cc1. The van der Waals surface area contributed by atoms with Crippen LogP contribution in [-0.2, 0) is 11.2 Å². The van der Waals surface area contributed by atoms with Crippen LogP contribution < -0.4 is 4.90 Å². The van der Waals surface area contributed by atoms with Crippen molar-refractivity contribution in [2.24, 2.45) is 5.92 Å². The van der Waals surface area contributed by atoms with Crippen LogP contribution in [0.4, 0.5) is 5.82 Å². The number of aryl methyl sites for hydroxylation is 1. The Labute approximate surface area is 206 Å². The quantitative estimate of drug-likeness (QED) is 0.487. The first-order valence-electron chi connectivity index (χ1n) is 12.3. The van der Waals surface area contributed by atoms with Gasteiger partial charge in [0.05, 0.1) is 0 Å². The summed E-state index contributed by atoms with van der Waals surface area (Å²) in [5, 5.41) is 0.736. The van der Waals surface area contributed by atoms with E-state index in [4.69, 9.17) is 21.6 Å². The molecule has 1 aliphatic carbocycles. The van der Waals surface area contributed by atoms with Crippen molar-refractivity contribution in [2.75, 3.05) is 31.1 Å². The van der Waals surface area contributed by atoms with Crippen molar-refractivity contribution in [3.8, 4) is 11.4 Å². The monoisotopic (exact) mass is 474 g/mol. The summed E-state index contributed by atoms with van der Waals surface area (Å²) in [5.41, 5.74) is 4.32. The molecule has 0 spiro atoms. The van der Waals surface area contributed by atoms with Gasteiger partial charge >= 0.3 is 0 Å². The summed E-state index contributed by atoms with van der Waals surface area (Å²) in [6, 6.07) is 18.1. The number of carbonyl (C=O) groups is 1. The molecule has 3 aromatic rings. The van der Waals surface area contributed by atoms with Crippen LogP contribution in [0.1, 0.15) is 42.5 Å². The van der Waals surface area contributed by atoms with Crippen LogP contribution in [-0.4, -0.2) is 47.0 Å². The van der Waals surface area contributed by atoms with Gasteiger partial charge in [0.15, 0.2) is 5.82 Å². The Kier molecular flexibility index (Phi) is 6.82. The van der Waals surface area contributed by atoms with Crippen molar-refractivity contribution in [2.45, 2.75) is 39.0 Å². The number of piperazine rings is 1. The molecule has 34 heavy (non-hydrogen) atoms. The second-order valence-corrected chi connectivity index (χ2v) is 9.83. The number of aromatic nitrogens is 2. The molecule has 1 aromatic heterocycles. The van der Waals surface area contributed by atoms with Crippen LogP contribution in [0.2, 0.25) is 5.02 Å². The van der Waals surface area contributed by atoms with Gasteiger partial charge < -0.3 is 9.80 Å². The average molecular weight is 475 g/mol. The van der Waals surface area contributed by atoms with Gasteiger partial charge in [-0.3, -0.25) is 4.79 Å². The molecule has 0 atom stereocenters. The van der Waals surface area contributed by atoms with Crippen molar-refractivity contribution >= 4 is 23.3 Å². The molecule has 2 aromatic carbocycles. The first-order valence-corrected chi connectivity index (χ1v) is 12.7. The Morgan fingerprint density at radius 3 is 2.29 bits per heavy atom. The first-order chi connectivity index (χ1) is 16.6. The van der Waals surface area contributed by atoms with Crippen LogP contribution >= 0.6 is 11.6 Å². The molecule has 5 rings (SSSR count). The summed E-state index contributed by atoms with van der Waals surface area (Å²) < 4.78 is 0. The summed E-state index contributed by atoms with van der Waals surface area (Å²) in [5.74, 6) is 2.31. The molecule has 0 radical (unpaired) electrons. The maximum absolute atomic E-state index is 12.9. The van der Waals surface area contributed by atoms with Gasteiger partial charge in [0, 0.05) is 60.4 Å². The molecule has 6 heteroatoms. The van der Waals surface area contributed by atoms with Gasteiger partial charge in [0.25, 0.3) is 0 Å². The molecular formula is C28H31ClN4O. The first kappa shape index (κ1) is 22.9. The highest BCUT2D eigenvalue weighted by Gasteiger charge is 2.30. The molecule has 0 bridgehead atoms. The Morgan fingerprint density at radius 1 is 0.941 bits per heavy atom. The largest absolute Gasteiger partial charge is 0.353 e. The van der Waals surface area contributed by atoms with Gasteiger partial charge in [0.2, 0.25) is 5.91 Å². The molecule has 2 fully saturated rings. The lowest BCUT2D eigenvalue weighted by atomic mass is 10.0. The Balaban J connectivity index is 1.43. The van der Waals surface area contributed by atoms with Gasteiger partial charge in [-0.15, -0.1) is 0 Å². The van der Waals surface area contributed by atoms with E-state index in [0.717, 1.165) is 78.9 Å². The van der Waals surface area contributed by atoms with Crippen LogP contribution in [0.15, 0.2) is 54.6 Å². The van der Waals surface area contributed by atoms with E-state index in [1.54, 1.807) is 0 Å². The minimum Gasteiger partial charge on any atom is -0.353 e. The van der Waals surface area contributed by atoms with Gasteiger partial charge in [-0.2, -0.15) is 0 Å². The molecule has 2 heterocycles. The highest BCUT2D eigenvalue weighted by molar-refractivity contribution is 6.30. The lowest BCUT2D eigenvalue weighted by Gasteiger charge is -2.37. The second kappa shape index (κ2) is 10.1. The number of carbonyl (C=O) groups excluding carboxylic acids is 1. The average Bonchev–Trinajstić information content (AvgIpc) is 3.42. The summed E-state index contributed by atoms with van der Waals surface area (Å²) in [7, 11) is 0. The lowest BCUT2D eigenvalue weighted by molar-refractivity contribution is -0.135. The van der Waals surface area contributed by atoms with E-state index in [1.807, 2.05) is 30.3 Å². The fourth-order valence-corrected chi connectivity index (χ4v) is 5.27. The zero-order valence-electron chi connectivity index (χ0n) is 19.7. The van der Waals surface area contributed by atoms with E-state index in [0.29, 0.717) is 5.91 Å². The number of anilines is 1. The summed E-state index contributed by atoms with van der Waals surface area (Å²) >= 11 is 6.11.